The maximum absolute atomic E-state index is 4.54. The molecule has 0 saturated heterocycles. The number of nitrogens with zero attached hydrogens (tertiary/aromatic N) is 2. The molecule has 1 heterocycles. The standard InChI is InChI=1S/C16H22BrN3/c1-11-8-14(17)6-7-15(11)20-12(2)13(10-19-20)9-18-16(3,4)5/h6-8,10,18H,9H2,1-5H3. The van der Waals surface area contributed by atoms with Crippen LogP contribution in [0.2, 0.25) is 0 Å². The summed E-state index contributed by atoms with van der Waals surface area (Å²) in [5.74, 6) is 0. The number of aryl methyl sites for hydroxylation is 1. The molecule has 1 aromatic carbocycles. The van der Waals surface area contributed by atoms with Crippen molar-refractivity contribution in [3.8, 4) is 5.69 Å². The van der Waals surface area contributed by atoms with E-state index in [1.54, 1.807) is 0 Å². The van der Waals surface area contributed by atoms with Crippen molar-refractivity contribution in [1.29, 1.82) is 0 Å². The van der Waals surface area contributed by atoms with E-state index in [4.69, 9.17) is 0 Å². The van der Waals surface area contributed by atoms with Gasteiger partial charge in [0.05, 0.1) is 11.9 Å². The third-order valence-corrected chi connectivity index (χ3v) is 3.80. The molecule has 2 rings (SSSR count). The molecule has 108 valence electrons. The Morgan fingerprint density at radius 1 is 1.25 bits per heavy atom. The summed E-state index contributed by atoms with van der Waals surface area (Å²) in [5, 5.41) is 8.05. The van der Waals surface area contributed by atoms with Crippen LogP contribution in [0.4, 0.5) is 0 Å². The Morgan fingerprint density at radius 2 is 1.95 bits per heavy atom. The Labute approximate surface area is 129 Å². The average molecular weight is 336 g/mol. The zero-order valence-corrected chi connectivity index (χ0v) is 14.4. The van der Waals surface area contributed by atoms with Gasteiger partial charge in [0.2, 0.25) is 0 Å². The third kappa shape index (κ3) is 3.49. The highest BCUT2D eigenvalue weighted by Gasteiger charge is 2.13. The second kappa shape index (κ2) is 5.70. The molecule has 0 saturated carbocycles. The molecule has 0 unspecified atom stereocenters. The molecule has 3 nitrogen and oxygen atoms in total. The van der Waals surface area contributed by atoms with Gasteiger partial charge >= 0.3 is 0 Å². The summed E-state index contributed by atoms with van der Waals surface area (Å²) in [7, 11) is 0. The number of hydrogen-bond donors (Lipinski definition) is 1. The van der Waals surface area contributed by atoms with Crippen molar-refractivity contribution in [2.24, 2.45) is 0 Å². The first kappa shape index (κ1) is 15.3. The van der Waals surface area contributed by atoms with Crippen molar-refractivity contribution in [2.45, 2.75) is 46.7 Å². The van der Waals surface area contributed by atoms with Crippen molar-refractivity contribution in [1.82, 2.24) is 15.1 Å². The maximum Gasteiger partial charge on any atom is 0.0678 e. The largest absolute Gasteiger partial charge is 0.308 e. The van der Waals surface area contributed by atoms with Crippen molar-refractivity contribution >= 4 is 15.9 Å². The summed E-state index contributed by atoms with van der Waals surface area (Å²) in [6.45, 7) is 11.6. The summed E-state index contributed by atoms with van der Waals surface area (Å²) in [6.07, 6.45) is 1.95. The summed E-state index contributed by atoms with van der Waals surface area (Å²) in [4.78, 5) is 0. The first-order valence-electron chi connectivity index (χ1n) is 6.83. The average Bonchev–Trinajstić information content (AvgIpc) is 2.67. The van der Waals surface area contributed by atoms with Crippen LogP contribution in [-0.4, -0.2) is 15.3 Å². The Balaban J connectivity index is 2.28. The summed E-state index contributed by atoms with van der Waals surface area (Å²) < 4.78 is 3.11. The zero-order valence-electron chi connectivity index (χ0n) is 12.8. The fourth-order valence-corrected chi connectivity index (χ4v) is 2.55. The lowest BCUT2D eigenvalue weighted by atomic mass is 10.1. The van der Waals surface area contributed by atoms with Crippen LogP contribution in [0.1, 0.15) is 37.6 Å². The van der Waals surface area contributed by atoms with Crippen molar-refractivity contribution in [2.75, 3.05) is 0 Å². The van der Waals surface area contributed by atoms with Gasteiger partial charge in [0.1, 0.15) is 0 Å². The van der Waals surface area contributed by atoms with Crippen LogP contribution in [0.25, 0.3) is 5.69 Å². The lowest BCUT2D eigenvalue weighted by Crippen LogP contribution is -2.35. The molecule has 0 aliphatic carbocycles. The molecule has 1 N–H and O–H groups in total. The van der Waals surface area contributed by atoms with E-state index in [1.807, 2.05) is 10.9 Å². The first-order chi connectivity index (χ1) is 9.28. The number of benzene rings is 1. The van der Waals surface area contributed by atoms with Crippen LogP contribution < -0.4 is 5.32 Å². The van der Waals surface area contributed by atoms with E-state index in [0.29, 0.717) is 0 Å². The monoisotopic (exact) mass is 335 g/mol. The molecule has 0 atom stereocenters. The van der Waals surface area contributed by atoms with Crippen LogP contribution in [0.3, 0.4) is 0 Å². The molecule has 0 radical (unpaired) electrons. The second-order valence-electron chi connectivity index (χ2n) is 6.20. The minimum atomic E-state index is 0.113. The number of hydrogen-bond acceptors (Lipinski definition) is 2. The summed E-state index contributed by atoms with van der Waals surface area (Å²) >= 11 is 3.50. The summed E-state index contributed by atoms with van der Waals surface area (Å²) in [5.41, 5.74) is 4.88. The number of aromatic nitrogens is 2. The minimum absolute atomic E-state index is 0.113. The van der Waals surface area contributed by atoms with E-state index < -0.39 is 0 Å². The first-order valence-corrected chi connectivity index (χ1v) is 7.62. The molecule has 0 aliphatic heterocycles. The minimum Gasteiger partial charge on any atom is -0.308 e. The van der Waals surface area contributed by atoms with Crippen LogP contribution >= 0.6 is 15.9 Å². The van der Waals surface area contributed by atoms with Gasteiger partial charge in [-0.1, -0.05) is 15.9 Å². The molecule has 2 aromatic rings. The second-order valence-corrected chi connectivity index (χ2v) is 7.12. The highest BCUT2D eigenvalue weighted by atomic mass is 79.9. The van der Waals surface area contributed by atoms with Gasteiger partial charge in [0, 0.05) is 27.8 Å². The van der Waals surface area contributed by atoms with E-state index in [0.717, 1.165) is 16.7 Å². The lowest BCUT2D eigenvalue weighted by Gasteiger charge is -2.20. The molecule has 0 aliphatic rings. The maximum atomic E-state index is 4.54. The normalized spacial score (nSPS) is 11.9. The van der Waals surface area contributed by atoms with Crippen LogP contribution in [-0.2, 0) is 6.54 Å². The molecule has 20 heavy (non-hydrogen) atoms. The van der Waals surface area contributed by atoms with E-state index in [-0.39, 0.29) is 5.54 Å². The molecule has 4 heteroatoms. The highest BCUT2D eigenvalue weighted by Crippen LogP contribution is 2.21. The molecular weight excluding hydrogens is 314 g/mol. The highest BCUT2D eigenvalue weighted by molar-refractivity contribution is 9.10. The van der Waals surface area contributed by atoms with Crippen molar-refractivity contribution in [3.63, 3.8) is 0 Å². The van der Waals surface area contributed by atoms with Crippen LogP contribution in [0.5, 0.6) is 0 Å². The Hall–Kier alpha value is -1.13. The Kier molecular flexibility index (Phi) is 4.35. The molecule has 0 fully saturated rings. The van der Waals surface area contributed by atoms with Crippen molar-refractivity contribution < 1.29 is 0 Å². The fourth-order valence-electron chi connectivity index (χ4n) is 2.08. The zero-order chi connectivity index (χ0) is 14.9. The smallest absolute Gasteiger partial charge is 0.0678 e. The predicted molar refractivity (Wildman–Crippen MR) is 87.3 cm³/mol. The number of rotatable bonds is 3. The van der Waals surface area contributed by atoms with Crippen molar-refractivity contribution in [3.05, 3.63) is 45.7 Å². The molecule has 0 bridgehead atoms. The topological polar surface area (TPSA) is 29.9 Å². The van der Waals surface area contributed by atoms with Gasteiger partial charge in [-0.15, -0.1) is 0 Å². The van der Waals surface area contributed by atoms with Gasteiger partial charge in [0.15, 0.2) is 0 Å². The van der Waals surface area contributed by atoms with E-state index in [1.165, 1.54) is 16.8 Å². The van der Waals surface area contributed by atoms with E-state index in [2.05, 4.69) is 79.2 Å². The van der Waals surface area contributed by atoms with Crippen LogP contribution in [0, 0.1) is 13.8 Å². The molecule has 0 spiro atoms. The van der Waals surface area contributed by atoms with Gasteiger partial charge < -0.3 is 5.32 Å². The van der Waals surface area contributed by atoms with E-state index >= 15 is 0 Å². The van der Waals surface area contributed by atoms with E-state index in [9.17, 15) is 0 Å². The Bertz CT molecular complexity index is 609. The SMILES string of the molecule is Cc1cc(Br)ccc1-n1ncc(CNC(C)(C)C)c1C. The molecular formula is C16H22BrN3. The van der Waals surface area contributed by atoms with Gasteiger partial charge in [-0.2, -0.15) is 5.10 Å². The molecule has 1 aromatic heterocycles. The Morgan fingerprint density at radius 3 is 2.55 bits per heavy atom. The predicted octanol–water partition coefficient (Wildman–Crippen LogP) is 4.14. The number of halogens is 1. The summed E-state index contributed by atoms with van der Waals surface area (Å²) in [6, 6.07) is 6.26. The van der Waals surface area contributed by atoms with Gasteiger partial charge in [0.25, 0.3) is 0 Å². The molecule has 0 amide bonds. The quantitative estimate of drug-likeness (QED) is 0.913. The van der Waals surface area contributed by atoms with Gasteiger partial charge in [-0.05, 0) is 58.4 Å². The fraction of sp³-hybridized carbons (Fsp3) is 0.438. The van der Waals surface area contributed by atoms with Crippen LogP contribution in [0.15, 0.2) is 28.9 Å². The van der Waals surface area contributed by atoms with Gasteiger partial charge in [-0.3, -0.25) is 0 Å². The number of nitrogens with one attached hydrogen (secondary N) is 1. The van der Waals surface area contributed by atoms with Gasteiger partial charge in [-0.25, -0.2) is 4.68 Å². The lowest BCUT2D eigenvalue weighted by molar-refractivity contribution is 0.424. The third-order valence-electron chi connectivity index (χ3n) is 3.31.